The number of nitrogens with one attached hydrogen (secondary N) is 1. The highest BCUT2D eigenvalue weighted by atomic mass is 35.5. The van der Waals surface area contributed by atoms with E-state index in [2.05, 4.69) is 19.2 Å². The molecule has 1 N–H and O–H groups in total. The predicted octanol–water partition coefficient (Wildman–Crippen LogP) is 11.5. The van der Waals surface area contributed by atoms with E-state index >= 15 is 0 Å². The van der Waals surface area contributed by atoms with Crippen molar-refractivity contribution in [3.63, 3.8) is 0 Å². The summed E-state index contributed by atoms with van der Waals surface area (Å²) in [5, 5.41) is 3.18. The normalized spacial score (nSPS) is 13.9. The molecule has 1 heterocycles. The van der Waals surface area contributed by atoms with Gasteiger partial charge in [-0.3, -0.25) is 4.79 Å². The number of carbonyl (C=O) groups is 2. The van der Waals surface area contributed by atoms with Crippen molar-refractivity contribution < 1.29 is 28.2 Å². The molecule has 1 aliphatic heterocycles. The summed E-state index contributed by atoms with van der Waals surface area (Å²) in [5.74, 6) is 0.461. The number of hydrogen-bond acceptors (Lipinski definition) is 6. The maximum absolute atomic E-state index is 14.3. The van der Waals surface area contributed by atoms with Gasteiger partial charge in [0.15, 0.2) is 6.61 Å². The standard InChI is InChI=1S/C42H55ClFNO5/c1-28(2)18-13-11-9-7-6-8-10-12-14-20-33-24-25-34-31(5)41(29(3)30(4)42(34)49-33)50-39(47)27-48-38(46)26-32-19-15-16-23-37(32)45-40-35(43)21-17-22-36(40)44/h15-17,19,21-23,28,33,45H,6-14,18,20,24-27H2,1-5H3/t33-/m1/s1. The summed E-state index contributed by atoms with van der Waals surface area (Å²) in [7, 11) is 0. The average molecular weight is 708 g/mol. The minimum Gasteiger partial charge on any atom is -0.490 e. The van der Waals surface area contributed by atoms with Crippen molar-refractivity contribution in [2.45, 2.75) is 131 Å². The van der Waals surface area contributed by atoms with Crippen LogP contribution in [0.15, 0.2) is 42.5 Å². The number of anilines is 2. The van der Waals surface area contributed by atoms with Crippen LogP contribution in [0.4, 0.5) is 15.8 Å². The number of ether oxygens (including phenoxy) is 3. The molecule has 0 unspecified atom stereocenters. The first-order valence-electron chi connectivity index (χ1n) is 18.5. The lowest BCUT2D eigenvalue weighted by atomic mass is 9.90. The van der Waals surface area contributed by atoms with E-state index in [4.69, 9.17) is 25.8 Å². The van der Waals surface area contributed by atoms with Crippen LogP contribution in [0, 0.1) is 32.5 Å². The van der Waals surface area contributed by atoms with E-state index in [9.17, 15) is 14.0 Å². The number of esters is 2. The Hall–Kier alpha value is -3.58. The van der Waals surface area contributed by atoms with E-state index in [0.29, 0.717) is 17.0 Å². The van der Waals surface area contributed by atoms with Crippen LogP contribution in [0.25, 0.3) is 0 Å². The summed E-state index contributed by atoms with van der Waals surface area (Å²) in [6.07, 6.45) is 16.2. The van der Waals surface area contributed by atoms with Gasteiger partial charge in [0.05, 0.1) is 23.2 Å². The Morgan fingerprint density at radius 3 is 2.26 bits per heavy atom. The first-order valence-corrected chi connectivity index (χ1v) is 18.9. The molecule has 0 saturated carbocycles. The van der Waals surface area contributed by atoms with E-state index in [1.54, 1.807) is 30.3 Å². The lowest BCUT2D eigenvalue weighted by Crippen LogP contribution is -2.25. The molecule has 6 nitrogen and oxygen atoms in total. The van der Waals surface area contributed by atoms with Crippen molar-refractivity contribution >= 4 is 34.9 Å². The SMILES string of the molecule is Cc1c(C)c2c(c(C)c1OC(=O)COC(=O)Cc1ccccc1Nc1c(F)cccc1Cl)CC[C@@H](CCCCCCCCCCCC(C)C)O2. The second-order valence-electron chi connectivity index (χ2n) is 14.1. The largest absolute Gasteiger partial charge is 0.490 e. The number of para-hydroxylation sites is 2. The fourth-order valence-corrected chi connectivity index (χ4v) is 6.91. The molecule has 0 spiro atoms. The number of benzene rings is 3. The molecule has 3 aromatic rings. The van der Waals surface area contributed by atoms with Gasteiger partial charge in [0.25, 0.3) is 0 Å². The van der Waals surface area contributed by atoms with Gasteiger partial charge in [-0.2, -0.15) is 0 Å². The van der Waals surface area contributed by atoms with Crippen LogP contribution < -0.4 is 14.8 Å². The highest BCUT2D eigenvalue weighted by Crippen LogP contribution is 2.42. The molecule has 272 valence electrons. The number of halogens is 2. The molecule has 0 radical (unpaired) electrons. The van der Waals surface area contributed by atoms with Gasteiger partial charge in [-0.25, -0.2) is 9.18 Å². The highest BCUT2D eigenvalue weighted by Gasteiger charge is 2.27. The van der Waals surface area contributed by atoms with Gasteiger partial charge in [0, 0.05) is 11.3 Å². The Bertz CT molecular complexity index is 1570. The molecule has 0 fully saturated rings. The Morgan fingerprint density at radius 2 is 1.56 bits per heavy atom. The van der Waals surface area contributed by atoms with Crippen LogP contribution in [-0.4, -0.2) is 24.6 Å². The first kappa shape index (κ1) is 39.2. The zero-order valence-electron chi connectivity index (χ0n) is 30.6. The van der Waals surface area contributed by atoms with Crippen molar-refractivity contribution in [2.75, 3.05) is 11.9 Å². The number of carbonyl (C=O) groups excluding carboxylic acids is 2. The van der Waals surface area contributed by atoms with E-state index in [1.165, 1.54) is 76.3 Å². The maximum Gasteiger partial charge on any atom is 0.349 e. The van der Waals surface area contributed by atoms with E-state index < -0.39 is 24.4 Å². The molecule has 0 aliphatic carbocycles. The van der Waals surface area contributed by atoms with Gasteiger partial charge in [-0.15, -0.1) is 0 Å². The molecule has 3 aromatic carbocycles. The molecular formula is C42H55ClFNO5. The predicted molar refractivity (Wildman–Crippen MR) is 200 cm³/mol. The van der Waals surface area contributed by atoms with Crippen LogP contribution >= 0.6 is 11.6 Å². The number of hydrogen-bond donors (Lipinski definition) is 1. The van der Waals surface area contributed by atoms with Crippen LogP contribution in [0.5, 0.6) is 11.5 Å². The van der Waals surface area contributed by atoms with Crippen molar-refractivity contribution in [2.24, 2.45) is 5.92 Å². The molecule has 0 bridgehead atoms. The fraction of sp³-hybridized carbons (Fsp3) is 0.524. The van der Waals surface area contributed by atoms with Crippen LogP contribution in [0.1, 0.15) is 119 Å². The van der Waals surface area contributed by atoms with Gasteiger partial charge in [-0.05, 0) is 92.8 Å². The van der Waals surface area contributed by atoms with Gasteiger partial charge >= 0.3 is 11.9 Å². The molecular weight excluding hydrogens is 653 g/mol. The summed E-state index contributed by atoms with van der Waals surface area (Å²) < 4.78 is 32.0. The minimum absolute atomic E-state index is 0.115. The number of rotatable bonds is 19. The monoisotopic (exact) mass is 707 g/mol. The van der Waals surface area contributed by atoms with Crippen LogP contribution in [0.2, 0.25) is 5.02 Å². The molecule has 1 atom stereocenters. The first-order chi connectivity index (χ1) is 24.0. The molecule has 4 rings (SSSR count). The second kappa shape index (κ2) is 19.7. The summed E-state index contributed by atoms with van der Waals surface area (Å²) in [6, 6.07) is 11.4. The Labute approximate surface area is 303 Å². The Balaban J connectivity index is 1.22. The molecule has 0 amide bonds. The summed E-state index contributed by atoms with van der Waals surface area (Å²) in [6.45, 7) is 9.98. The summed E-state index contributed by atoms with van der Waals surface area (Å²) >= 11 is 6.17. The Morgan fingerprint density at radius 1 is 0.880 bits per heavy atom. The maximum atomic E-state index is 14.3. The highest BCUT2D eigenvalue weighted by molar-refractivity contribution is 6.33. The van der Waals surface area contributed by atoms with E-state index in [0.717, 1.165) is 53.2 Å². The molecule has 8 heteroatoms. The van der Waals surface area contributed by atoms with E-state index in [1.807, 2.05) is 20.8 Å². The quantitative estimate of drug-likeness (QED) is 0.0759. The number of unbranched alkanes of at least 4 members (excludes halogenated alkanes) is 8. The summed E-state index contributed by atoms with van der Waals surface area (Å²) in [5.41, 5.74) is 4.98. The molecule has 0 aromatic heterocycles. The van der Waals surface area contributed by atoms with Gasteiger partial charge in [-0.1, -0.05) is 108 Å². The molecule has 1 aliphatic rings. The second-order valence-corrected chi connectivity index (χ2v) is 14.5. The van der Waals surface area contributed by atoms with Crippen molar-refractivity contribution in [1.82, 2.24) is 0 Å². The lowest BCUT2D eigenvalue weighted by molar-refractivity contribution is -0.153. The lowest BCUT2D eigenvalue weighted by Gasteiger charge is -2.30. The van der Waals surface area contributed by atoms with E-state index in [-0.39, 0.29) is 23.2 Å². The third kappa shape index (κ3) is 11.5. The van der Waals surface area contributed by atoms with Gasteiger partial charge < -0.3 is 19.5 Å². The molecule has 0 saturated heterocycles. The van der Waals surface area contributed by atoms with Gasteiger partial charge in [0.1, 0.15) is 17.3 Å². The fourth-order valence-electron chi connectivity index (χ4n) is 6.70. The van der Waals surface area contributed by atoms with Crippen molar-refractivity contribution in [3.05, 3.63) is 81.1 Å². The average Bonchev–Trinajstić information content (AvgIpc) is 3.09. The van der Waals surface area contributed by atoms with Crippen LogP contribution in [0.3, 0.4) is 0 Å². The molecule has 50 heavy (non-hydrogen) atoms. The zero-order chi connectivity index (χ0) is 36.0. The Kier molecular flexibility index (Phi) is 15.5. The topological polar surface area (TPSA) is 73.9 Å². The summed E-state index contributed by atoms with van der Waals surface area (Å²) in [4.78, 5) is 25.6. The smallest absolute Gasteiger partial charge is 0.349 e. The van der Waals surface area contributed by atoms with Gasteiger partial charge in [0.2, 0.25) is 0 Å². The number of fused-ring (bicyclic) bond motifs is 1. The third-order valence-corrected chi connectivity index (χ3v) is 10.1. The van der Waals surface area contributed by atoms with Crippen molar-refractivity contribution in [3.8, 4) is 11.5 Å². The zero-order valence-corrected chi connectivity index (χ0v) is 31.4. The van der Waals surface area contributed by atoms with Crippen molar-refractivity contribution in [1.29, 1.82) is 0 Å². The third-order valence-electron chi connectivity index (χ3n) is 9.76. The van der Waals surface area contributed by atoms with Crippen LogP contribution in [-0.2, 0) is 27.2 Å². The minimum atomic E-state index is -0.658.